The van der Waals surface area contributed by atoms with E-state index in [9.17, 15) is 62.7 Å². The van der Waals surface area contributed by atoms with E-state index in [-0.39, 0.29) is 72.5 Å². The van der Waals surface area contributed by atoms with Gasteiger partial charge in [0.15, 0.2) is 22.8 Å². The topological polar surface area (TPSA) is 407 Å². The molecule has 0 saturated carbocycles. The van der Waals surface area contributed by atoms with Gasteiger partial charge in [-0.2, -0.15) is 4.31 Å². The number of fused-ring (bicyclic) bond motifs is 1. The number of ketones is 1. The third kappa shape index (κ3) is 14.5. The van der Waals surface area contributed by atoms with Gasteiger partial charge in [0, 0.05) is 43.5 Å². The van der Waals surface area contributed by atoms with Crippen LogP contribution in [-0.4, -0.2) is 135 Å². The van der Waals surface area contributed by atoms with Crippen molar-refractivity contribution in [1.82, 2.24) is 30.2 Å². The first-order valence-electron chi connectivity index (χ1n) is 16.2. The molecule has 0 aliphatic carbocycles. The lowest BCUT2D eigenvalue weighted by atomic mass is 9.87. The van der Waals surface area contributed by atoms with E-state index in [1.54, 1.807) is 0 Å². The van der Waals surface area contributed by atoms with Crippen LogP contribution in [0.5, 0.6) is 0 Å². The number of nitrogens with zero attached hydrogens (tertiary/aromatic N) is 4. The second kappa shape index (κ2) is 20.2. The van der Waals surface area contributed by atoms with Crippen LogP contribution in [0.25, 0.3) is 11.2 Å². The van der Waals surface area contributed by atoms with Crippen LogP contribution in [0.2, 0.25) is 0 Å². The number of Topliss-reactive ketones (excluding diaryl/α,β-unsaturated/α-hetero) is 1. The lowest BCUT2D eigenvalue weighted by molar-refractivity contribution is -0.137. The number of imidazole rings is 1. The van der Waals surface area contributed by atoms with E-state index < -0.39 is 84.6 Å². The summed E-state index contributed by atoms with van der Waals surface area (Å²) in [7, 11) is -16.4. The number of rotatable bonds is 23. The molecule has 3 heterocycles. The van der Waals surface area contributed by atoms with Gasteiger partial charge in [0.1, 0.15) is 42.0 Å². The number of aromatic nitrogens is 4. The summed E-state index contributed by atoms with van der Waals surface area (Å²) < 4.78 is 62.0. The monoisotopic (exact) mass is 880 g/mol. The summed E-state index contributed by atoms with van der Waals surface area (Å²) in [6.07, 6.45) is -6.98. The average molecular weight is 881 g/mol. The minimum absolute atomic E-state index is 0.0227. The average Bonchev–Trinajstić information content (AvgIpc) is 3.66. The standard InChI is InChI=1S/C26H43N8O18P3S/c1-26(2,21(39)24(40)30-6-5-16(36)29-7-8-56-17(37)4-3-14(35)9-27)11-49-55(46,47)52-54(44,45)48-10-15-20(51-53(41,42)43)19(38)25(50-15)34-13-33-18-22(28)31-12-32-23(18)34/h12-13,15,19-21,25,38-39H,3-11,27H2,1-2H3,(H,29,36)(H,30,40)(H,44,45)(H,46,47)(H2,28,31,32)(H2,41,42,43). The van der Waals surface area contributed by atoms with Crippen molar-refractivity contribution in [2.45, 2.75) is 63.8 Å². The summed E-state index contributed by atoms with van der Waals surface area (Å²) >= 11 is 0.930. The molecule has 56 heavy (non-hydrogen) atoms. The number of carbonyl (C=O) groups is 4. The largest absolute Gasteiger partial charge is 0.481 e. The zero-order valence-corrected chi connectivity index (χ0v) is 33.2. The number of amides is 2. The maximum Gasteiger partial charge on any atom is 0.481 e. The molecule has 26 nitrogen and oxygen atoms in total. The highest BCUT2D eigenvalue weighted by Crippen LogP contribution is 2.61. The number of nitrogens with one attached hydrogen (secondary N) is 2. The zero-order chi connectivity index (χ0) is 42.1. The van der Waals surface area contributed by atoms with Crippen molar-refractivity contribution in [3.63, 3.8) is 0 Å². The molecule has 0 spiro atoms. The molecular formula is C26H43N8O18P3S. The quantitative estimate of drug-likeness (QED) is 0.0425. The van der Waals surface area contributed by atoms with Crippen molar-refractivity contribution in [3.05, 3.63) is 12.7 Å². The van der Waals surface area contributed by atoms with E-state index >= 15 is 0 Å². The number of hydrogen-bond donors (Lipinski definition) is 10. The number of phosphoric ester groups is 3. The van der Waals surface area contributed by atoms with Crippen molar-refractivity contribution in [2.24, 2.45) is 11.1 Å². The van der Waals surface area contributed by atoms with Gasteiger partial charge < -0.3 is 56.6 Å². The van der Waals surface area contributed by atoms with Crippen LogP contribution in [-0.2, 0) is 55.5 Å². The molecule has 7 atom stereocenters. The smallest absolute Gasteiger partial charge is 0.386 e. The Hall–Kier alpha value is -2.81. The van der Waals surface area contributed by atoms with E-state index in [1.807, 2.05) is 0 Å². The Bertz CT molecular complexity index is 1870. The number of ether oxygens (including phenoxy) is 1. The predicted octanol–water partition coefficient (Wildman–Crippen LogP) is -2.03. The summed E-state index contributed by atoms with van der Waals surface area (Å²) in [6.45, 7) is 0.147. The Morgan fingerprint density at radius 3 is 2.36 bits per heavy atom. The summed E-state index contributed by atoms with van der Waals surface area (Å²) in [5.41, 5.74) is 9.40. The molecule has 0 aromatic carbocycles. The highest BCUT2D eigenvalue weighted by molar-refractivity contribution is 8.13. The van der Waals surface area contributed by atoms with Crippen molar-refractivity contribution >= 4 is 74.9 Å². The summed E-state index contributed by atoms with van der Waals surface area (Å²) in [5.74, 6) is -1.55. The Morgan fingerprint density at radius 2 is 1.70 bits per heavy atom. The van der Waals surface area contributed by atoms with Crippen LogP contribution in [0.4, 0.5) is 5.82 Å². The van der Waals surface area contributed by atoms with Gasteiger partial charge in [-0.15, -0.1) is 0 Å². The van der Waals surface area contributed by atoms with Crippen LogP contribution >= 0.6 is 35.2 Å². The SMILES string of the molecule is CC(C)(COP(=O)(O)OP(=O)(O)OCC1OC(n2cnc3c(N)ncnc32)C(O)C1OP(=O)(O)O)C(O)C(=O)NCCC(=O)NCCSC(=O)CCC(=O)CN. The van der Waals surface area contributed by atoms with E-state index in [0.29, 0.717) is 0 Å². The summed E-state index contributed by atoms with van der Waals surface area (Å²) in [5, 5.41) is 26.0. The molecular weight excluding hydrogens is 837 g/mol. The molecule has 2 amide bonds. The second-order valence-electron chi connectivity index (χ2n) is 12.5. The molecule has 1 saturated heterocycles. The number of thioether (sulfide) groups is 1. The fourth-order valence-corrected chi connectivity index (χ4v) is 8.22. The molecule has 316 valence electrons. The van der Waals surface area contributed by atoms with E-state index in [1.165, 1.54) is 13.8 Å². The summed E-state index contributed by atoms with van der Waals surface area (Å²) in [4.78, 5) is 98.3. The number of nitrogen functional groups attached to an aromatic ring is 1. The van der Waals surface area contributed by atoms with Crippen molar-refractivity contribution in [1.29, 1.82) is 0 Å². The van der Waals surface area contributed by atoms with Gasteiger partial charge in [-0.25, -0.2) is 28.6 Å². The van der Waals surface area contributed by atoms with Crippen molar-refractivity contribution in [2.75, 3.05) is 44.3 Å². The third-order valence-electron chi connectivity index (χ3n) is 7.60. The zero-order valence-electron chi connectivity index (χ0n) is 29.7. The molecule has 0 radical (unpaired) electrons. The molecule has 1 fully saturated rings. The fourth-order valence-electron chi connectivity index (χ4n) is 4.71. The minimum atomic E-state index is -5.58. The lowest BCUT2D eigenvalue weighted by Crippen LogP contribution is -2.46. The third-order valence-corrected chi connectivity index (χ3v) is 11.6. The molecule has 0 bridgehead atoms. The number of aliphatic hydroxyl groups excluding tert-OH is 2. The molecule has 2 aromatic rings. The Kier molecular flexibility index (Phi) is 17.2. The van der Waals surface area contributed by atoms with Gasteiger partial charge >= 0.3 is 23.5 Å². The number of aliphatic hydroxyl groups is 2. The maximum absolute atomic E-state index is 12.7. The van der Waals surface area contributed by atoms with Crippen LogP contribution in [0.15, 0.2) is 12.7 Å². The predicted molar refractivity (Wildman–Crippen MR) is 190 cm³/mol. The van der Waals surface area contributed by atoms with E-state index in [4.69, 9.17) is 25.3 Å². The number of anilines is 1. The number of phosphoric acid groups is 3. The first-order chi connectivity index (χ1) is 25.9. The maximum atomic E-state index is 12.7. The van der Waals surface area contributed by atoms with Crippen LogP contribution < -0.4 is 22.1 Å². The van der Waals surface area contributed by atoms with Gasteiger partial charge in [-0.3, -0.25) is 37.3 Å². The Balaban J connectivity index is 1.48. The highest BCUT2D eigenvalue weighted by Gasteiger charge is 2.50. The van der Waals surface area contributed by atoms with Crippen LogP contribution in [0.3, 0.4) is 0 Å². The number of hydrogen-bond acceptors (Lipinski definition) is 20. The van der Waals surface area contributed by atoms with E-state index in [0.717, 1.165) is 29.0 Å². The normalized spacial score (nSPS) is 21.6. The molecule has 30 heteroatoms. The molecule has 1 aliphatic rings. The number of carbonyl (C=O) groups excluding carboxylic acids is 4. The molecule has 7 unspecified atom stereocenters. The second-order valence-corrected chi connectivity index (χ2v) is 17.9. The van der Waals surface area contributed by atoms with Crippen LogP contribution in [0, 0.1) is 5.41 Å². The molecule has 1 aliphatic heterocycles. The fraction of sp³-hybridized carbons (Fsp3) is 0.654. The van der Waals surface area contributed by atoms with E-state index in [2.05, 4.69) is 34.4 Å². The molecule has 2 aromatic heterocycles. The summed E-state index contributed by atoms with van der Waals surface area (Å²) in [6, 6.07) is 0. The van der Waals surface area contributed by atoms with Gasteiger partial charge in [0.2, 0.25) is 11.8 Å². The van der Waals surface area contributed by atoms with Gasteiger partial charge in [-0.05, 0) is 0 Å². The Labute approximate surface area is 321 Å². The van der Waals surface area contributed by atoms with Crippen molar-refractivity contribution < 1.29 is 85.3 Å². The van der Waals surface area contributed by atoms with Crippen molar-refractivity contribution in [3.8, 4) is 0 Å². The first-order valence-corrected chi connectivity index (χ1v) is 21.7. The van der Waals surface area contributed by atoms with Gasteiger partial charge in [-0.1, -0.05) is 25.6 Å². The molecule has 12 N–H and O–H groups in total. The lowest BCUT2D eigenvalue weighted by Gasteiger charge is -2.30. The van der Waals surface area contributed by atoms with Gasteiger partial charge in [0.25, 0.3) is 0 Å². The molecule has 3 rings (SSSR count). The first kappa shape index (κ1) is 47.6. The highest BCUT2D eigenvalue weighted by atomic mass is 32.2. The minimum Gasteiger partial charge on any atom is -0.386 e. The van der Waals surface area contributed by atoms with Crippen LogP contribution in [0.1, 0.15) is 39.3 Å². The number of nitrogens with two attached hydrogens (primary N) is 2. The van der Waals surface area contributed by atoms with Gasteiger partial charge in [0.05, 0.1) is 26.1 Å². The Morgan fingerprint density at radius 1 is 1.02 bits per heavy atom.